The fourth-order valence-corrected chi connectivity index (χ4v) is 4.45. The summed E-state index contributed by atoms with van der Waals surface area (Å²) in [7, 11) is -3.80. The van der Waals surface area contributed by atoms with Gasteiger partial charge in [0.25, 0.3) is 0 Å². The summed E-state index contributed by atoms with van der Waals surface area (Å²) in [6.45, 7) is 11.7. The Hall–Kier alpha value is -2.18. The van der Waals surface area contributed by atoms with Crippen molar-refractivity contribution >= 4 is 21.6 Å². The molecule has 2 rings (SSSR count). The van der Waals surface area contributed by atoms with Crippen LogP contribution in [-0.2, 0) is 14.8 Å². The first-order chi connectivity index (χ1) is 13.0. The highest BCUT2D eigenvalue weighted by Gasteiger charge is 2.27. The maximum atomic E-state index is 13.0. The van der Waals surface area contributed by atoms with Crippen molar-refractivity contribution in [3.05, 3.63) is 58.7 Å². The Morgan fingerprint density at radius 1 is 0.929 bits per heavy atom. The molecule has 2 N–H and O–H groups in total. The summed E-state index contributed by atoms with van der Waals surface area (Å²) in [5, 5.41) is 2.93. The van der Waals surface area contributed by atoms with Gasteiger partial charge in [0.15, 0.2) is 0 Å². The molecule has 152 valence electrons. The van der Waals surface area contributed by atoms with Crippen LogP contribution in [0.4, 0.5) is 5.69 Å². The molecule has 0 aliphatic carbocycles. The zero-order valence-corrected chi connectivity index (χ0v) is 18.3. The molecular weight excluding hydrogens is 372 g/mol. The lowest BCUT2D eigenvalue weighted by Crippen LogP contribution is -2.44. The van der Waals surface area contributed by atoms with Crippen molar-refractivity contribution in [2.75, 3.05) is 5.32 Å². The fourth-order valence-electron chi connectivity index (χ4n) is 3.24. The molecule has 5 nitrogen and oxygen atoms in total. The minimum atomic E-state index is -3.80. The van der Waals surface area contributed by atoms with Gasteiger partial charge in [-0.25, -0.2) is 8.42 Å². The van der Waals surface area contributed by atoms with Gasteiger partial charge in [-0.2, -0.15) is 4.72 Å². The molecule has 2 aromatic carbocycles. The first kappa shape index (κ1) is 22.1. The Balaban J connectivity index is 2.28. The highest BCUT2D eigenvalue weighted by Crippen LogP contribution is 2.23. The van der Waals surface area contributed by atoms with Gasteiger partial charge >= 0.3 is 0 Å². The summed E-state index contributed by atoms with van der Waals surface area (Å²) in [5.41, 5.74) is 4.73. The summed E-state index contributed by atoms with van der Waals surface area (Å²) in [6, 6.07) is 9.72. The average Bonchev–Trinajstić information content (AvgIpc) is 2.57. The third-order valence-corrected chi connectivity index (χ3v) is 6.07. The molecule has 0 radical (unpaired) electrons. The van der Waals surface area contributed by atoms with E-state index in [4.69, 9.17) is 0 Å². The van der Waals surface area contributed by atoms with Gasteiger partial charge in [-0.05, 0) is 63.3 Å². The maximum absolute atomic E-state index is 13.0. The van der Waals surface area contributed by atoms with E-state index < -0.39 is 16.1 Å². The number of rotatable bonds is 7. The van der Waals surface area contributed by atoms with Crippen molar-refractivity contribution in [1.29, 1.82) is 0 Å². The summed E-state index contributed by atoms with van der Waals surface area (Å²) < 4.78 is 28.2. The normalized spacial score (nSPS) is 12.8. The Morgan fingerprint density at radius 2 is 1.46 bits per heavy atom. The van der Waals surface area contributed by atoms with Crippen molar-refractivity contribution in [3.8, 4) is 0 Å². The van der Waals surface area contributed by atoms with Crippen LogP contribution in [0.25, 0.3) is 0 Å². The Labute approximate surface area is 168 Å². The van der Waals surface area contributed by atoms with Gasteiger partial charge in [-0.3, -0.25) is 4.79 Å². The first-order valence-corrected chi connectivity index (χ1v) is 11.0. The predicted molar refractivity (Wildman–Crippen MR) is 114 cm³/mol. The van der Waals surface area contributed by atoms with E-state index in [1.807, 2.05) is 53.7 Å². The molecule has 0 aliphatic heterocycles. The summed E-state index contributed by atoms with van der Waals surface area (Å²) >= 11 is 0. The number of nitrogens with one attached hydrogen (secondary N) is 2. The molecule has 0 saturated carbocycles. The van der Waals surface area contributed by atoms with Crippen LogP contribution in [0.1, 0.15) is 42.5 Å². The predicted octanol–water partition coefficient (Wildman–Crippen LogP) is 4.25. The van der Waals surface area contributed by atoms with Gasteiger partial charge in [0.2, 0.25) is 15.9 Å². The molecule has 0 heterocycles. The zero-order valence-electron chi connectivity index (χ0n) is 17.5. The largest absolute Gasteiger partial charge is 0.324 e. The van der Waals surface area contributed by atoms with Crippen LogP contribution in [0, 0.1) is 33.6 Å². The minimum absolute atomic E-state index is 0.150. The molecule has 0 aliphatic rings. The Kier molecular flexibility index (Phi) is 7.01. The minimum Gasteiger partial charge on any atom is -0.324 e. The van der Waals surface area contributed by atoms with Gasteiger partial charge in [-0.1, -0.05) is 49.2 Å². The molecule has 28 heavy (non-hydrogen) atoms. The maximum Gasteiger partial charge on any atom is 0.242 e. The lowest BCUT2D eigenvalue weighted by Gasteiger charge is -2.22. The van der Waals surface area contributed by atoms with E-state index in [-0.39, 0.29) is 16.7 Å². The van der Waals surface area contributed by atoms with E-state index in [0.717, 1.165) is 27.9 Å². The highest BCUT2D eigenvalue weighted by molar-refractivity contribution is 7.89. The summed E-state index contributed by atoms with van der Waals surface area (Å²) in [6.07, 6.45) is 0.404. The highest BCUT2D eigenvalue weighted by atomic mass is 32.2. The van der Waals surface area contributed by atoms with Gasteiger partial charge in [0, 0.05) is 5.69 Å². The molecule has 1 atom stereocenters. The van der Waals surface area contributed by atoms with E-state index in [2.05, 4.69) is 10.0 Å². The molecule has 0 fully saturated rings. The molecule has 1 unspecified atom stereocenters. The van der Waals surface area contributed by atoms with Crippen molar-refractivity contribution in [2.45, 2.75) is 58.9 Å². The van der Waals surface area contributed by atoms with E-state index in [1.165, 1.54) is 0 Å². The van der Waals surface area contributed by atoms with Crippen LogP contribution in [0.2, 0.25) is 0 Å². The number of sulfonamides is 1. The molecule has 0 spiro atoms. The van der Waals surface area contributed by atoms with Crippen LogP contribution >= 0.6 is 0 Å². The fraction of sp³-hybridized carbons (Fsp3) is 0.409. The third-order valence-electron chi connectivity index (χ3n) is 4.58. The molecule has 1 amide bonds. The molecule has 6 heteroatoms. The van der Waals surface area contributed by atoms with Crippen molar-refractivity contribution in [3.63, 3.8) is 0 Å². The van der Waals surface area contributed by atoms with Crippen LogP contribution in [0.3, 0.4) is 0 Å². The number of carbonyl (C=O) groups excluding carboxylic acids is 1. The van der Waals surface area contributed by atoms with Crippen LogP contribution in [0.15, 0.2) is 41.3 Å². The lowest BCUT2D eigenvalue weighted by atomic mass is 10.0. The number of hydrogen-bond donors (Lipinski definition) is 2. The van der Waals surface area contributed by atoms with Gasteiger partial charge < -0.3 is 5.32 Å². The zero-order chi connectivity index (χ0) is 21.1. The molecule has 0 bridgehead atoms. The second kappa shape index (κ2) is 8.88. The average molecular weight is 403 g/mol. The van der Waals surface area contributed by atoms with Gasteiger partial charge in [0.1, 0.15) is 6.04 Å². The number of hydrogen-bond acceptors (Lipinski definition) is 3. The second-order valence-electron chi connectivity index (χ2n) is 7.88. The molecular formula is C22H30N2O3S. The molecule has 0 saturated heterocycles. The van der Waals surface area contributed by atoms with Gasteiger partial charge in [-0.15, -0.1) is 0 Å². The number of anilines is 1. The van der Waals surface area contributed by atoms with Crippen molar-refractivity contribution < 1.29 is 13.2 Å². The van der Waals surface area contributed by atoms with Crippen molar-refractivity contribution in [2.24, 2.45) is 5.92 Å². The quantitative estimate of drug-likeness (QED) is 0.727. The van der Waals surface area contributed by atoms with E-state index in [0.29, 0.717) is 6.42 Å². The van der Waals surface area contributed by atoms with Crippen LogP contribution in [0.5, 0.6) is 0 Å². The number of benzene rings is 2. The van der Waals surface area contributed by atoms with Gasteiger partial charge in [0.05, 0.1) is 4.90 Å². The SMILES string of the molecule is Cc1ccc(S(=O)(=O)NC(CC(C)C)C(=O)Nc2c(C)cc(C)cc2C)cc1. The van der Waals surface area contributed by atoms with E-state index in [9.17, 15) is 13.2 Å². The molecule has 0 aromatic heterocycles. The van der Waals surface area contributed by atoms with E-state index >= 15 is 0 Å². The Bertz CT molecular complexity index is 925. The number of aryl methyl sites for hydroxylation is 4. The number of carbonyl (C=O) groups is 1. The topological polar surface area (TPSA) is 75.3 Å². The van der Waals surface area contributed by atoms with Crippen LogP contribution in [-0.4, -0.2) is 20.4 Å². The second-order valence-corrected chi connectivity index (χ2v) is 9.59. The number of amides is 1. The molecule has 2 aromatic rings. The summed E-state index contributed by atoms with van der Waals surface area (Å²) in [5.74, 6) is -0.198. The standard InChI is InChI=1S/C22H30N2O3S/c1-14(2)11-20(24-28(26,27)19-9-7-15(3)8-10-19)22(25)23-21-17(5)12-16(4)13-18(21)6/h7-10,12-14,20,24H,11H2,1-6H3,(H,23,25). The third kappa shape index (κ3) is 5.66. The monoisotopic (exact) mass is 402 g/mol. The smallest absolute Gasteiger partial charge is 0.242 e. The van der Waals surface area contributed by atoms with Crippen LogP contribution < -0.4 is 10.0 Å². The van der Waals surface area contributed by atoms with E-state index in [1.54, 1.807) is 24.3 Å². The van der Waals surface area contributed by atoms with Crippen molar-refractivity contribution in [1.82, 2.24) is 4.72 Å². The lowest BCUT2D eigenvalue weighted by molar-refractivity contribution is -0.118. The first-order valence-electron chi connectivity index (χ1n) is 9.47. The summed E-state index contributed by atoms with van der Waals surface area (Å²) in [4.78, 5) is 13.1. The Morgan fingerprint density at radius 3 is 1.96 bits per heavy atom.